The Morgan fingerprint density at radius 2 is 2.20 bits per heavy atom. The number of rotatable bonds is 5. The zero-order valence-corrected chi connectivity index (χ0v) is 8.53. The number of hydrogen-bond acceptors (Lipinski definition) is 3. The van der Waals surface area contributed by atoms with Gasteiger partial charge in [-0.1, -0.05) is 18.2 Å². The van der Waals surface area contributed by atoms with Crippen LogP contribution >= 0.6 is 0 Å². The first-order valence-corrected chi connectivity index (χ1v) is 4.60. The maximum Gasteiger partial charge on any atom is 0.227 e. The number of ether oxygens (including phenoxy) is 1. The van der Waals surface area contributed by atoms with E-state index in [9.17, 15) is 9.59 Å². The summed E-state index contributed by atoms with van der Waals surface area (Å²) in [5, 5.41) is 2.62. The number of para-hydroxylation sites is 1. The highest BCUT2D eigenvalue weighted by molar-refractivity contribution is 5.87. The average Bonchev–Trinajstić information content (AvgIpc) is 2.27. The fourth-order valence-electron chi connectivity index (χ4n) is 1.19. The third-order valence-corrected chi connectivity index (χ3v) is 1.94. The molecule has 1 rings (SSSR count). The molecule has 0 fully saturated rings. The first-order valence-electron chi connectivity index (χ1n) is 4.60. The number of methoxy groups -OCH3 is 1. The molecule has 0 aliphatic rings. The minimum Gasteiger partial charge on any atom is -0.496 e. The Hall–Kier alpha value is -1.84. The van der Waals surface area contributed by atoms with E-state index in [0.717, 1.165) is 11.3 Å². The van der Waals surface area contributed by atoms with Crippen LogP contribution in [0.25, 0.3) is 0 Å². The summed E-state index contributed by atoms with van der Waals surface area (Å²) in [5.41, 5.74) is 0.888. The highest BCUT2D eigenvalue weighted by Gasteiger charge is 2.03. The lowest BCUT2D eigenvalue weighted by Crippen LogP contribution is -2.22. The standard InChI is InChI=1S/C11H13NO3/c1-15-10-5-3-2-4-9(10)8-12-11(14)6-7-13/h2-5,7H,6,8H2,1H3,(H,12,14). The predicted octanol–water partition coefficient (Wildman–Crippen LogP) is 0.900. The van der Waals surface area contributed by atoms with E-state index in [1.165, 1.54) is 0 Å². The lowest BCUT2D eigenvalue weighted by molar-refractivity contribution is -0.124. The molecule has 0 radical (unpaired) electrons. The number of benzene rings is 1. The normalized spacial score (nSPS) is 9.40. The van der Waals surface area contributed by atoms with E-state index in [2.05, 4.69) is 5.32 Å². The molecular weight excluding hydrogens is 194 g/mol. The van der Waals surface area contributed by atoms with Gasteiger partial charge in [-0.3, -0.25) is 4.79 Å². The molecule has 0 heterocycles. The third kappa shape index (κ3) is 3.42. The van der Waals surface area contributed by atoms with Crippen molar-refractivity contribution < 1.29 is 14.3 Å². The number of carbonyl (C=O) groups is 2. The molecule has 1 aromatic rings. The molecule has 0 aromatic heterocycles. The van der Waals surface area contributed by atoms with Crippen molar-refractivity contribution in [1.82, 2.24) is 5.32 Å². The molecular formula is C11H13NO3. The highest BCUT2D eigenvalue weighted by atomic mass is 16.5. The van der Waals surface area contributed by atoms with Crippen LogP contribution in [0, 0.1) is 0 Å². The molecule has 0 aliphatic carbocycles. The molecule has 0 aliphatic heterocycles. The molecule has 0 bridgehead atoms. The van der Waals surface area contributed by atoms with Crippen molar-refractivity contribution in [2.24, 2.45) is 0 Å². The van der Waals surface area contributed by atoms with Crippen LogP contribution in [0.3, 0.4) is 0 Å². The number of nitrogens with one attached hydrogen (secondary N) is 1. The predicted molar refractivity (Wildman–Crippen MR) is 55.5 cm³/mol. The molecule has 4 heteroatoms. The van der Waals surface area contributed by atoms with Crippen molar-refractivity contribution in [3.05, 3.63) is 29.8 Å². The fraction of sp³-hybridized carbons (Fsp3) is 0.273. The molecule has 0 spiro atoms. The number of amides is 1. The molecule has 80 valence electrons. The second-order valence-corrected chi connectivity index (χ2v) is 2.96. The van der Waals surface area contributed by atoms with Crippen LogP contribution < -0.4 is 10.1 Å². The van der Waals surface area contributed by atoms with Gasteiger partial charge in [0.1, 0.15) is 12.0 Å². The topological polar surface area (TPSA) is 55.4 Å². The van der Waals surface area contributed by atoms with Crippen molar-refractivity contribution in [2.75, 3.05) is 7.11 Å². The van der Waals surface area contributed by atoms with Crippen LogP contribution in [0.1, 0.15) is 12.0 Å². The van der Waals surface area contributed by atoms with Crippen LogP contribution in [-0.2, 0) is 16.1 Å². The molecule has 0 atom stereocenters. The van der Waals surface area contributed by atoms with Gasteiger partial charge in [0.25, 0.3) is 0 Å². The van der Waals surface area contributed by atoms with Crippen molar-refractivity contribution in [1.29, 1.82) is 0 Å². The summed E-state index contributed by atoms with van der Waals surface area (Å²) in [7, 11) is 1.58. The van der Waals surface area contributed by atoms with E-state index in [-0.39, 0.29) is 12.3 Å². The monoisotopic (exact) mass is 207 g/mol. The molecule has 15 heavy (non-hydrogen) atoms. The van der Waals surface area contributed by atoms with Crippen molar-refractivity contribution >= 4 is 12.2 Å². The molecule has 4 nitrogen and oxygen atoms in total. The second kappa shape index (κ2) is 5.80. The first-order chi connectivity index (χ1) is 7.27. The molecule has 1 N–H and O–H groups in total. The minimum absolute atomic E-state index is 0.102. The maximum atomic E-state index is 11.0. The smallest absolute Gasteiger partial charge is 0.227 e. The number of hydrogen-bond donors (Lipinski definition) is 1. The van der Waals surface area contributed by atoms with Gasteiger partial charge in [0.05, 0.1) is 13.5 Å². The lowest BCUT2D eigenvalue weighted by Gasteiger charge is -2.08. The van der Waals surface area contributed by atoms with Gasteiger partial charge in [0, 0.05) is 12.1 Å². The number of aldehydes is 1. The zero-order valence-electron chi connectivity index (χ0n) is 8.53. The van der Waals surface area contributed by atoms with E-state index in [0.29, 0.717) is 12.8 Å². The Labute approximate surface area is 88.2 Å². The van der Waals surface area contributed by atoms with Crippen LogP contribution in [0.4, 0.5) is 0 Å². The summed E-state index contributed by atoms with van der Waals surface area (Å²) in [4.78, 5) is 21.1. The van der Waals surface area contributed by atoms with Crippen molar-refractivity contribution in [3.8, 4) is 5.75 Å². The van der Waals surface area contributed by atoms with Gasteiger partial charge >= 0.3 is 0 Å². The Morgan fingerprint density at radius 3 is 2.87 bits per heavy atom. The molecule has 0 unspecified atom stereocenters. The Kier molecular flexibility index (Phi) is 4.34. The lowest BCUT2D eigenvalue weighted by atomic mass is 10.2. The fourth-order valence-corrected chi connectivity index (χ4v) is 1.19. The summed E-state index contributed by atoms with van der Waals surface area (Å²) < 4.78 is 5.12. The van der Waals surface area contributed by atoms with Gasteiger partial charge in [0.15, 0.2) is 0 Å². The SMILES string of the molecule is COc1ccccc1CNC(=O)CC=O. The van der Waals surface area contributed by atoms with Gasteiger partial charge in [0.2, 0.25) is 5.91 Å². The molecule has 1 amide bonds. The van der Waals surface area contributed by atoms with Crippen LogP contribution in [-0.4, -0.2) is 19.3 Å². The van der Waals surface area contributed by atoms with Crippen LogP contribution in [0.2, 0.25) is 0 Å². The third-order valence-electron chi connectivity index (χ3n) is 1.94. The summed E-state index contributed by atoms with van der Waals surface area (Å²) in [6, 6.07) is 7.40. The summed E-state index contributed by atoms with van der Waals surface area (Å²) in [6.45, 7) is 0.372. The van der Waals surface area contributed by atoms with Crippen molar-refractivity contribution in [3.63, 3.8) is 0 Å². The van der Waals surface area contributed by atoms with Gasteiger partial charge < -0.3 is 14.8 Å². The van der Waals surface area contributed by atoms with Crippen LogP contribution in [0.15, 0.2) is 24.3 Å². The Morgan fingerprint density at radius 1 is 1.47 bits per heavy atom. The summed E-state index contributed by atoms with van der Waals surface area (Å²) in [6.07, 6.45) is 0.479. The van der Waals surface area contributed by atoms with Crippen molar-refractivity contribution in [2.45, 2.75) is 13.0 Å². The van der Waals surface area contributed by atoms with E-state index in [1.807, 2.05) is 24.3 Å². The van der Waals surface area contributed by atoms with Crippen LogP contribution in [0.5, 0.6) is 5.75 Å². The largest absolute Gasteiger partial charge is 0.496 e. The molecule has 0 saturated carbocycles. The van der Waals surface area contributed by atoms with Gasteiger partial charge in [-0.05, 0) is 6.07 Å². The maximum absolute atomic E-state index is 11.0. The van der Waals surface area contributed by atoms with E-state index in [1.54, 1.807) is 7.11 Å². The quantitative estimate of drug-likeness (QED) is 0.576. The summed E-state index contributed by atoms with van der Waals surface area (Å²) >= 11 is 0. The second-order valence-electron chi connectivity index (χ2n) is 2.96. The first kappa shape index (κ1) is 11.2. The highest BCUT2D eigenvalue weighted by Crippen LogP contribution is 2.16. The van der Waals surface area contributed by atoms with Gasteiger partial charge in [-0.15, -0.1) is 0 Å². The minimum atomic E-state index is -0.282. The molecule has 0 saturated heterocycles. The number of carbonyl (C=O) groups excluding carboxylic acids is 2. The zero-order chi connectivity index (χ0) is 11.1. The average molecular weight is 207 g/mol. The van der Waals surface area contributed by atoms with E-state index >= 15 is 0 Å². The summed E-state index contributed by atoms with van der Waals surface area (Å²) in [5.74, 6) is 0.444. The van der Waals surface area contributed by atoms with Gasteiger partial charge in [-0.25, -0.2) is 0 Å². The Bertz CT molecular complexity index is 349. The molecule has 1 aromatic carbocycles. The van der Waals surface area contributed by atoms with E-state index < -0.39 is 0 Å². The van der Waals surface area contributed by atoms with Gasteiger partial charge in [-0.2, -0.15) is 0 Å². The van der Waals surface area contributed by atoms with E-state index in [4.69, 9.17) is 4.74 Å². The Balaban J connectivity index is 2.56.